The topological polar surface area (TPSA) is 66.5 Å². The molecule has 0 saturated carbocycles. The third-order valence-corrected chi connectivity index (χ3v) is 6.15. The number of sulfonamides is 1. The molecule has 0 saturated heterocycles. The molecule has 2 aromatic carbocycles. The van der Waals surface area contributed by atoms with Crippen molar-refractivity contribution in [2.45, 2.75) is 44.6 Å². The van der Waals surface area contributed by atoms with E-state index < -0.39 is 15.8 Å². The van der Waals surface area contributed by atoms with E-state index in [-0.39, 0.29) is 23.4 Å². The first kappa shape index (κ1) is 20.9. The number of aryl methyl sites for hydroxylation is 1. The lowest BCUT2D eigenvalue weighted by atomic mass is 10.2. The molecule has 0 aliphatic rings. The average Bonchev–Trinajstić information content (AvgIpc) is 2.65. The summed E-state index contributed by atoms with van der Waals surface area (Å²) < 4.78 is 40.5. The van der Waals surface area contributed by atoms with Gasteiger partial charge in [-0.05, 0) is 56.2 Å². The maximum atomic E-state index is 13.2. The van der Waals surface area contributed by atoms with Crippen molar-refractivity contribution in [3.05, 3.63) is 59.9 Å². The van der Waals surface area contributed by atoms with Crippen LogP contribution in [0.5, 0.6) is 0 Å². The van der Waals surface area contributed by atoms with Gasteiger partial charge in [0.2, 0.25) is 5.91 Å². The predicted molar refractivity (Wildman–Crippen MR) is 105 cm³/mol. The van der Waals surface area contributed by atoms with Gasteiger partial charge in [-0.2, -0.15) is 0 Å². The number of amides is 1. The van der Waals surface area contributed by atoms with Gasteiger partial charge in [-0.1, -0.05) is 31.5 Å². The third kappa shape index (κ3) is 5.29. The molecule has 0 radical (unpaired) electrons. The van der Waals surface area contributed by atoms with E-state index in [1.54, 1.807) is 24.3 Å². The summed E-state index contributed by atoms with van der Waals surface area (Å²) in [6, 6.07) is 11.4. The van der Waals surface area contributed by atoms with Crippen molar-refractivity contribution in [2.75, 3.05) is 10.8 Å². The van der Waals surface area contributed by atoms with Gasteiger partial charge in [0.25, 0.3) is 10.0 Å². The Hall–Kier alpha value is -2.41. The minimum absolute atomic E-state index is 0.00843. The molecule has 0 fully saturated rings. The molecule has 0 bridgehead atoms. The molecular weight excluding hydrogens is 367 g/mol. The van der Waals surface area contributed by atoms with Gasteiger partial charge in [-0.25, -0.2) is 12.8 Å². The Kier molecular flexibility index (Phi) is 6.96. The lowest BCUT2D eigenvalue weighted by molar-refractivity contribution is -0.120. The van der Waals surface area contributed by atoms with E-state index in [9.17, 15) is 17.6 Å². The van der Waals surface area contributed by atoms with Crippen LogP contribution >= 0.6 is 0 Å². The SMILES string of the molecule is CCC(CC)NC(=O)CN(c1ccc(C)cc1)S(=O)(=O)c1ccc(F)cc1. The molecule has 0 aliphatic heterocycles. The average molecular weight is 392 g/mol. The molecule has 2 aromatic rings. The van der Waals surface area contributed by atoms with Crippen molar-refractivity contribution >= 4 is 21.6 Å². The van der Waals surface area contributed by atoms with Gasteiger partial charge in [0.15, 0.2) is 0 Å². The fourth-order valence-corrected chi connectivity index (χ4v) is 4.08. The van der Waals surface area contributed by atoms with Crippen molar-refractivity contribution in [3.63, 3.8) is 0 Å². The maximum Gasteiger partial charge on any atom is 0.264 e. The Morgan fingerprint density at radius 3 is 2.11 bits per heavy atom. The van der Waals surface area contributed by atoms with Gasteiger partial charge in [0.05, 0.1) is 10.6 Å². The molecule has 0 atom stereocenters. The lowest BCUT2D eigenvalue weighted by Crippen LogP contribution is -2.44. The zero-order valence-electron chi connectivity index (χ0n) is 15.8. The van der Waals surface area contributed by atoms with Crippen molar-refractivity contribution < 1.29 is 17.6 Å². The zero-order chi connectivity index (χ0) is 20.0. The fourth-order valence-electron chi connectivity index (χ4n) is 2.66. The first-order valence-electron chi connectivity index (χ1n) is 8.92. The Morgan fingerprint density at radius 2 is 1.59 bits per heavy atom. The monoisotopic (exact) mass is 392 g/mol. The highest BCUT2D eigenvalue weighted by Crippen LogP contribution is 2.24. The Labute approximate surface area is 160 Å². The van der Waals surface area contributed by atoms with E-state index in [2.05, 4.69) is 5.32 Å². The molecule has 2 rings (SSSR count). The zero-order valence-corrected chi connectivity index (χ0v) is 16.6. The number of benzene rings is 2. The van der Waals surface area contributed by atoms with E-state index in [0.717, 1.165) is 34.8 Å². The van der Waals surface area contributed by atoms with Crippen LogP contribution in [0.1, 0.15) is 32.3 Å². The number of anilines is 1. The number of halogens is 1. The minimum Gasteiger partial charge on any atom is -0.352 e. The highest BCUT2D eigenvalue weighted by Gasteiger charge is 2.27. The molecule has 27 heavy (non-hydrogen) atoms. The van der Waals surface area contributed by atoms with E-state index in [4.69, 9.17) is 0 Å². The summed E-state index contributed by atoms with van der Waals surface area (Å²) in [5.74, 6) is -0.905. The molecule has 0 unspecified atom stereocenters. The molecule has 0 heterocycles. The van der Waals surface area contributed by atoms with Crippen molar-refractivity contribution in [1.29, 1.82) is 0 Å². The third-order valence-electron chi connectivity index (χ3n) is 4.36. The largest absolute Gasteiger partial charge is 0.352 e. The van der Waals surface area contributed by atoms with Crippen molar-refractivity contribution in [2.24, 2.45) is 0 Å². The normalized spacial score (nSPS) is 11.4. The van der Waals surface area contributed by atoms with E-state index >= 15 is 0 Å². The summed E-state index contributed by atoms with van der Waals surface area (Å²) in [7, 11) is -4.02. The smallest absolute Gasteiger partial charge is 0.264 e. The summed E-state index contributed by atoms with van der Waals surface area (Å²) in [5.41, 5.74) is 1.35. The number of nitrogens with one attached hydrogen (secondary N) is 1. The van der Waals surface area contributed by atoms with Gasteiger partial charge in [0, 0.05) is 6.04 Å². The van der Waals surface area contributed by atoms with Gasteiger partial charge >= 0.3 is 0 Å². The number of hydrogen-bond acceptors (Lipinski definition) is 3. The predicted octanol–water partition coefficient (Wildman–Crippen LogP) is 3.63. The molecule has 7 heteroatoms. The van der Waals surface area contributed by atoms with Crippen LogP contribution in [0.2, 0.25) is 0 Å². The van der Waals surface area contributed by atoms with E-state index in [1.807, 2.05) is 20.8 Å². The van der Waals surface area contributed by atoms with Gasteiger partial charge in [-0.15, -0.1) is 0 Å². The van der Waals surface area contributed by atoms with Crippen LogP contribution in [-0.2, 0) is 14.8 Å². The summed E-state index contributed by atoms with van der Waals surface area (Å²) in [5, 5.41) is 2.86. The van der Waals surface area contributed by atoms with Crippen molar-refractivity contribution in [3.8, 4) is 0 Å². The number of hydrogen-bond donors (Lipinski definition) is 1. The number of carbonyl (C=O) groups is 1. The van der Waals surface area contributed by atoms with E-state index in [1.165, 1.54) is 12.1 Å². The molecule has 146 valence electrons. The number of rotatable bonds is 8. The van der Waals surface area contributed by atoms with Crippen LogP contribution in [0.4, 0.5) is 10.1 Å². The van der Waals surface area contributed by atoms with E-state index in [0.29, 0.717) is 5.69 Å². The summed E-state index contributed by atoms with van der Waals surface area (Å²) in [6.45, 7) is 5.46. The van der Waals surface area contributed by atoms with Gasteiger partial charge < -0.3 is 5.32 Å². The van der Waals surface area contributed by atoms with Crippen LogP contribution in [-0.4, -0.2) is 26.9 Å². The Balaban J connectivity index is 2.39. The summed E-state index contributed by atoms with van der Waals surface area (Å²) in [6.07, 6.45) is 1.52. The summed E-state index contributed by atoms with van der Waals surface area (Å²) >= 11 is 0. The highest BCUT2D eigenvalue weighted by molar-refractivity contribution is 7.92. The van der Waals surface area contributed by atoms with Gasteiger partial charge in [-0.3, -0.25) is 9.10 Å². The minimum atomic E-state index is -4.02. The van der Waals surface area contributed by atoms with Crippen LogP contribution < -0.4 is 9.62 Å². The van der Waals surface area contributed by atoms with Crippen LogP contribution in [0.25, 0.3) is 0 Å². The van der Waals surface area contributed by atoms with Crippen LogP contribution in [0.3, 0.4) is 0 Å². The van der Waals surface area contributed by atoms with Gasteiger partial charge in [0.1, 0.15) is 12.4 Å². The van der Waals surface area contributed by atoms with Crippen LogP contribution in [0, 0.1) is 12.7 Å². The number of carbonyl (C=O) groups excluding carboxylic acids is 1. The molecule has 0 aliphatic carbocycles. The Morgan fingerprint density at radius 1 is 1.04 bits per heavy atom. The standard InChI is InChI=1S/C20H25FN2O3S/c1-4-17(5-2)22-20(24)14-23(18-10-6-15(3)7-11-18)27(25,26)19-12-8-16(21)9-13-19/h6-13,17H,4-5,14H2,1-3H3,(H,22,24). The maximum absolute atomic E-state index is 13.2. The first-order chi connectivity index (χ1) is 12.8. The quantitative estimate of drug-likeness (QED) is 0.746. The second kappa shape index (κ2) is 8.99. The highest BCUT2D eigenvalue weighted by atomic mass is 32.2. The lowest BCUT2D eigenvalue weighted by Gasteiger charge is -2.25. The molecule has 5 nitrogen and oxygen atoms in total. The molecule has 1 amide bonds. The second-order valence-corrected chi connectivity index (χ2v) is 8.24. The number of nitrogens with zero attached hydrogens (tertiary/aromatic N) is 1. The second-order valence-electron chi connectivity index (χ2n) is 6.38. The molecule has 0 aromatic heterocycles. The molecule has 1 N–H and O–H groups in total. The first-order valence-corrected chi connectivity index (χ1v) is 10.4. The Bertz CT molecular complexity index is 861. The molecular formula is C20H25FN2O3S. The summed E-state index contributed by atoms with van der Waals surface area (Å²) in [4.78, 5) is 12.4. The molecule has 0 spiro atoms. The van der Waals surface area contributed by atoms with Crippen molar-refractivity contribution in [1.82, 2.24) is 5.32 Å². The van der Waals surface area contributed by atoms with Crippen LogP contribution in [0.15, 0.2) is 53.4 Å². The fraction of sp³-hybridized carbons (Fsp3) is 0.350.